The van der Waals surface area contributed by atoms with Crippen LogP contribution in [0.1, 0.15) is 90.9 Å². The highest BCUT2D eigenvalue weighted by molar-refractivity contribution is 6.71. The molecule has 0 aromatic rings. The fourth-order valence-corrected chi connectivity index (χ4v) is 4.66. The van der Waals surface area contributed by atoms with Crippen LogP contribution in [0.15, 0.2) is 0 Å². The van der Waals surface area contributed by atoms with Crippen LogP contribution in [0.4, 0.5) is 0 Å². The summed E-state index contributed by atoms with van der Waals surface area (Å²) in [5, 5.41) is 0. The summed E-state index contributed by atoms with van der Waals surface area (Å²) in [6.07, 6.45) is 16.7. The predicted molar refractivity (Wildman–Crippen MR) is 95.0 cm³/mol. The number of rotatable bonds is 15. The van der Waals surface area contributed by atoms with Gasteiger partial charge in [-0.05, 0) is 25.6 Å². The molecule has 0 fully saturated rings. The van der Waals surface area contributed by atoms with Gasteiger partial charge in [-0.1, -0.05) is 84.5 Å². The Morgan fingerprint density at radius 1 is 0.600 bits per heavy atom. The lowest BCUT2D eigenvalue weighted by Gasteiger charge is -2.22. The van der Waals surface area contributed by atoms with Gasteiger partial charge in [0.25, 0.3) is 0 Å². The summed E-state index contributed by atoms with van der Waals surface area (Å²) in [6.45, 7) is 10.3. The molecule has 0 saturated carbocycles. The smallest absolute Gasteiger partial charge is 0.186 e. The number of hydrogen-bond acceptors (Lipinski definition) is 1. The Labute approximate surface area is 130 Å². The Kier molecular flexibility index (Phi) is 14.3. The lowest BCUT2D eigenvalue weighted by atomic mass is 10.1. The summed E-state index contributed by atoms with van der Waals surface area (Å²) in [4.78, 5) is 0. The van der Waals surface area contributed by atoms with E-state index in [1.807, 2.05) is 0 Å². The van der Waals surface area contributed by atoms with Crippen molar-refractivity contribution in [1.82, 2.24) is 0 Å². The van der Waals surface area contributed by atoms with Gasteiger partial charge in [-0.3, -0.25) is 0 Å². The maximum absolute atomic E-state index is 6.14. The molecule has 122 valence electrons. The second-order valence-corrected chi connectivity index (χ2v) is 11.2. The quantitative estimate of drug-likeness (QED) is 0.235. The Balaban J connectivity index is 3.20. The molecule has 0 saturated heterocycles. The van der Waals surface area contributed by atoms with Gasteiger partial charge in [-0.25, -0.2) is 0 Å². The van der Waals surface area contributed by atoms with Gasteiger partial charge in [-0.15, -0.1) is 0 Å². The summed E-state index contributed by atoms with van der Waals surface area (Å²) >= 11 is 0. The molecular weight excluding hydrogens is 260 g/mol. The molecule has 0 atom stereocenters. The van der Waals surface area contributed by atoms with Gasteiger partial charge in [0, 0.05) is 6.61 Å². The van der Waals surface area contributed by atoms with Gasteiger partial charge in [0.15, 0.2) is 8.32 Å². The van der Waals surface area contributed by atoms with E-state index in [4.69, 9.17) is 4.43 Å². The average Bonchev–Trinajstić information content (AvgIpc) is 2.42. The normalized spacial score (nSPS) is 12.0. The third kappa shape index (κ3) is 14.6. The van der Waals surface area contributed by atoms with Crippen LogP contribution in [0, 0.1) is 0 Å². The minimum Gasteiger partial charge on any atom is -0.417 e. The van der Waals surface area contributed by atoms with E-state index in [1.54, 1.807) is 0 Å². The SMILES string of the molecule is CCCCCCCCCCCCO[Si](C)(C)CCCC. The van der Waals surface area contributed by atoms with E-state index in [2.05, 4.69) is 26.9 Å². The van der Waals surface area contributed by atoms with E-state index < -0.39 is 8.32 Å². The Hall–Kier alpha value is 0.177. The van der Waals surface area contributed by atoms with E-state index in [9.17, 15) is 0 Å². The molecule has 0 aromatic carbocycles. The molecule has 0 bridgehead atoms. The van der Waals surface area contributed by atoms with Gasteiger partial charge < -0.3 is 4.43 Å². The van der Waals surface area contributed by atoms with Gasteiger partial charge >= 0.3 is 0 Å². The van der Waals surface area contributed by atoms with Gasteiger partial charge in [0.1, 0.15) is 0 Å². The molecule has 0 radical (unpaired) electrons. The van der Waals surface area contributed by atoms with E-state index in [0.29, 0.717) is 0 Å². The molecule has 0 aliphatic rings. The van der Waals surface area contributed by atoms with Crippen LogP contribution < -0.4 is 0 Å². The molecule has 0 aliphatic heterocycles. The molecule has 1 nitrogen and oxygen atoms in total. The second-order valence-electron chi connectivity index (χ2n) is 6.89. The zero-order valence-corrected chi connectivity index (χ0v) is 15.8. The van der Waals surface area contributed by atoms with Crippen molar-refractivity contribution in [3.05, 3.63) is 0 Å². The largest absolute Gasteiger partial charge is 0.417 e. The molecule has 0 amide bonds. The summed E-state index contributed by atoms with van der Waals surface area (Å²) in [7, 11) is -1.32. The van der Waals surface area contributed by atoms with Crippen molar-refractivity contribution in [2.45, 2.75) is 110 Å². The van der Waals surface area contributed by atoms with Crippen molar-refractivity contribution >= 4 is 8.32 Å². The van der Waals surface area contributed by atoms with Crippen molar-refractivity contribution < 1.29 is 4.43 Å². The molecule has 20 heavy (non-hydrogen) atoms. The third-order valence-corrected chi connectivity index (χ3v) is 6.67. The van der Waals surface area contributed by atoms with Crippen LogP contribution in [0.2, 0.25) is 19.1 Å². The average molecular weight is 301 g/mol. The summed E-state index contributed by atoms with van der Waals surface area (Å²) in [5.41, 5.74) is 0. The van der Waals surface area contributed by atoms with Crippen molar-refractivity contribution in [3.63, 3.8) is 0 Å². The van der Waals surface area contributed by atoms with Crippen LogP contribution in [0.3, 0.4) is 0 Å². The highest BCUT2D eigenvalue weighted by atomic mass is 28.4. The molecule has 0 N–H and O–H groups in total. The Morgan fingerprint density at radius 2 is 1.05 bits per heavy atom. The first-order chi connectivity index (χ1) is 9.62. The van der Waals surface area contributed by atoms with E-state index in [0.717, 1.165) is 6.61 Å². The zero-order valence-electron chi connectivity index (χ0n) is 14.8. The lowest BCUT2D eigenvalue weighted by Crippen LogP contribution is -2.30. The molecule has 2 heteroatoms. The van der Waals surface area contributed by atoms with Gasteiger partial charge in [0.05, 0.1) is 0 Å². The van der Waals surface area contributed by atoms with Gasteiger partial charge in [-0.2, -0.15) is 0 Å². The van der Waals surface area contributed by atoms with Crippen molar-refractivity contribution in [3.8, 4) is 0 Å². The Bertz CT molecular complexity index is 192. The molecule has 0 heterocycles. The monoisotopic (exact) mass is 300 g/mol. The topological polar surface area (TPSA) is 9.23 Å². The zero-order chi connectivity index (χ0) is 15.1. The van der Waals surface area contributed by atoms with Crippen LogP contribution in [0.25, 0.3) is 0 Å². The number of unbranched alkanes of at least 4 members (excludes halogenated alkanes) is 10. The van der Waals surface area contributed by atoms with Crippen molar-refractivity contribution in [2.24, 2.45) is 0 Å². The molecule has 0 aliphatic carbocycles. The summed E-state index contributed by atoms with van der Waals surface area (Å²) < 4.78 is 6.14. The fourth-order valence-electron chi connectivity index (χ4n) is 2.61. The first kappa shape index (κ1) is 20.2. The standard InChI is InChI=1S/C18H40OSi/c1-5-7-9-10-11-12-13-14-15-16-17-19-20(3,4)18-8-6-2/h5-18H2,1-4H3. The summed E-state index contributed by atoms with van der Waals surface area (Å²) in [5.74, 6) is 0. The highest BCUT2D eigenvalue weighted by Crippen LogP contribution is 2.16. The van der Waals surface area contributed by atoms with Crippen LogP contribution >= 0.6 is 0 Å². The minimum atomic E-state index is -1.32. The van der Waals surface area contributed by atoms with Crippen LogP contribution in [-0.4, -0.2) is 14.9 Å². The predicted octanol–water partition coefficient (Wildman–Crippen LogP) is 6.93. The van der Waals surface area contributed by atoms with E-state index >= 15 is 0 Å². The molecule has 0 rings (SSSR count). The summed E-state index contributed by atoms with van der Waals surface area (Å²) in [6, 6.07) is 1.33. The Morgan fingerprint density at radius 3 is 1.55 bits per heavy atom. The maximum atomic E-state index is 6.14. The van der Waals surface area contributed by atoms with E-state index in [-0.39, 0.29) is 0 Å². The van der Waals surface area contributed by atoms with E-state index in [1.165, 1.54) is 83.1 Å². The first-order valence-corrected chi connectivity index (χ1v) is 12.4. The second kappa shape index (κ2) is 14.1. The molecular formula is C18H40OSi. The van der Waals surface area contributed by atoms with Crippen LogP contribution in [0.5, 0.6) is 0 Å². The maximum Gasteiger partial charge on any atom is 0.186 e. The molecule has 0 aromatic heterocycles. The van der Waals surface area contributed by atoms with Crippen LogP contribution in [-0.2, 0) is 4.43 Å². The van der Waals surface area contributed by atoms with Crippen molar-refractivity contribution in [2.75, 3.05) is 6.61 Å². The number of hydrogen-bond donors (Lipinski definition) is 0. The minimum absolute atomic E-state index is 1.01. The first-order valence-electron chi connectivity index (χ1n) is 9.26. The van der Waals surface area contributed by atoms with Crippen molar-refractivity contribution in [1.29, 1.82) is 0 Å². The van der Waals surface area contributed by atoms with Gasteiger partial charge in [0.2, 0.25) is 0 Å². The lowest BCUT2D eigenvalue weighted by molar-refractivity contribution is 0.293. The molecule has 0 unspecified atom stereocenters. The molecule has 0 spiro atoms. The highest BCUT2D eigenvalue weighted by Gasteiger charge is 2.20. The fraction of sp³-hybridized carbons (Fsp3) is 1.00. The third-order valence-electron chi connectivity index (χ3n) is 4.12.